The van der Waals surface area contributed by atoms with Gasteiger partial charge in [0.05, 0.1) is 29.5 Å². The van der Waals surface area contributed by atoms with E-state index in [1.54, 1.807) is 48.5 Å². The Kier molecular flexibility index (Phi) is 7.05. The van der Waals surface area contributed by atoms with Crippen LogP contribution in [0.3, 0.4) is 0 Å². The van der Waals surface area contributed by atoms with E-state index in [4.69, 9.17) is 21.1 Å². The van der Waals surface area contributed by atoms with Gasteiger partial charge in [-0.2, -0.15) is 5.10 Å². The molecule has 0 aromatic heterocycles. The van der Waals surface area contributed by atoms with Crippen LogP contribution in [-0.2, 0) is 18.0 Å². The first-order valence-corrected chi connectivity index (χ1v) is 11.4. The van der Waals surface area contributed by atoms with Crippen molar-refractivity contribution in [1.29, 1.82) is 0 Å². The zero-order chi connectivity index (χ0) is 22.7. The van der Waals surface area contributed by atoms with Gasteiger partial charge in [0, 0.05) is 20.6 Å². The van der Waals surface area contributed by atoms with E-state index in [2.05, 4.69) is 42.4 Å². The summed E-state index contributed by atoms with van der Waals surface area (Å²) < 4.78 is 12.2. The van der Waals surface area contributed by atoms with Gasteiger partial charge < -0.3 is 9.47 Å². The third kappa shape index (κ3) is 5.27. The number of halogens is 3. The Bertz CT molecular complexity index is 1230. The van der Waals surface area contributed by atoms with E-state index in [0.717, 1.165) is 15.6 Å². The summed E-state index contributed by atoms with van der Waals surface area (Å²) >= 11 is 12.7. The number of hydrogen-bond donors (Lipinski definition) is 1. The Balaban J connectivity index is 1.51. The highest BCUT2D eigenvalue weighted by molar-refractivity contribution is 9.11. The Morgan fingerprint density at radius 1 is 1.00 bits per heavy atom. The number of ether oxygens (including phenoxy) is 2. The van der Waals surface area contributed by atoms with Crippen LogP contribution in [0.5, 0.6) is 5.75 Å². The topological polar surface area (TPSA) is 77.0 Å². The van der Waals surface area contributed by atoms with E-state index in [9.17, 15) is 9.59 Å². The summed E-state index contributed by atoms with van der Waals surface area (Å²) in [6.45, 7) is 1.05. The molecule has 9 heteroatoms. The molecule has 0 bridgehead atoms. The quantitative estimate of drug-likeness (QED) is 0.178. The van der Waals surface area contributed by atoms with Gasteiger partial charge in [-0.05, 0) is 75.6 Å². The maximum Gasteiger partial charge on any atom is 0.343 e. The summed E-state index contributed by atoms with van der Waals surface area (Å²) in [5.41, 5.74) is 5.89. The first-order valence-electron chi connectivity index (χ1n) is 9.40. The van der Waals surface area contributed by atoms with Gasteiger partial charge in [-0.1, -0.05) is 33.6 Å². The molecule has 0 radical (unpaired) electrons. The molecule has 162 valence electrons. The minimum Gasteiger partial charge on any atom is -0.421 e. The van der Waals surface area contributed by atoms with Gasteiger partial charge in [-0.3, -0.25) is 4.79 Å². The number of rotatable bonds is 5. The number of nitrogens with zero attached hydrogens (tertiary/aromatic N) is 1. The Hall–Kier alpha value is -2.52. The average molecular weight is 579 g/mol. The van der Waals surface area contributed by atoms with Crippen molar-refractivity contribution in [1.82, 2.24) is 5.43 Å². The molecule has 0 fully saturated rings. The Morgan fingerprint density at radius 3 is 2.50 bits per heavy atom. The molecule has 0 spiro atoms. The molecule has 0 aliphatic carbocycles. The van der Waals surface area contributed by atoms with Gasteiger partial charge in [0.25, 0.3) is 5.91 Å². The maximum atomic E-state index is 12.6. The van der Waals surface area contributed by atoms with E-state index in [1.807, 2.05) is 6.07 Å². The van der Waals surface area contributed by atoms with Crippen molar-refractivity contribution in [3.8, 4) is 5.75 Å². The molecule has 1 N–H and O–H groups in total. The number of amides is 1. The summed E-state index contributed by atoms with van der Waals surface area (Å²) in [6, 6.07) is 15.2. The largest absolute Gasteiger partial charge is 0.421 e. The highest BCUT2D eigenvalue weighted by Crippen LogP contribution is 2.33. The normalized spacial score (nSPS) is 12.6. The summed E-state index contributed by atoms with van der Waals surface area (Å²) in [4.78, 5) is 25.0. The van der Waals surface area contributed by atoms with Crippen molar-refractivity contribution >= 4 is 61.6 Å². The minimum atomic E-state index is -0.552. The second-order valence-corrected chi connectivity index (χ2v) is 9.08. The van der Waals surface area contributed by atoms with Crippen LogP contribution in [0.15, 0.2) is 68.6 Å². The van der Waals surface area contributed by atoms with Gasteiger partial charge in [0.1, 0.15) is 0 Å². The average Bonchev–Trinajstić information content (AvgIpc) is 3.24. The van der Waals surface area contributed by atoms with E-state index in [-0.39, 0.29) is 11.7 Å². The van der Waals surface area contributed by atoms with Crippen molar-refractivity contribution in [2.45, 2.75) is 13.2 Å². The number of hydrazone groups is 1. The van der Waals surface area contributed by atoms with Crippen LogP contribution in [0.2, 0.25) is 5.02 Å². The molecule has 1 heterocycles. The number of fused-ring (bicyclic) bond motifs is 1. The van der Waals surface area contributed by atoms with Crippen LogP contribution in [0.4, 0.5) is 0 Å². The lowest BCUT2D eigenvalue weighted by Gasteiger charge is -2.10. The zero-order valence-electron chi connectivity index (χ0n) is 16.4. The summed E-state index contributed by atoms with van der Waals surface area (Å²) in [6.07, 6.45) is 1.41. The molecule has 32 heavy (non-hydrogen) atoms. The Morgan fingerprint density at radius 2 is 1.72 bits per heavy atom. The lowest BCUT2D eigenvalue weighted by molar-refractivity contribution is 0.0733. The Labute approximate surface area is 205 Å². The van der Waals surface area contributed by atoms with Gasteiger partial charge in [0.2, 0.25) is 0 Å². The molecule has 1 aliphatic heterocycles. The standard InChI is InChI=1S/C23H15Br2ClN2O4/c24-18-8-16(10-27-28-22(29)14-1-2-15-11-31-12-17(15)7-14)21(20(25)9-18)32-23(30)13-3-5-19(26)6-4-13/h1-10H,11-12H2,(H,28,29). The molecule has 1 amide bonds. The fourth-order valence-electron chi connectivity index (χ4n) is 3.06. The van der Waals surface area contributed by atoms with Gasteiger partial charge >= 0.3 is 5.97 Å². The molecule has 6 nitrogen and oxygen atoms in total. The molecule has 0 atom stereocenters. The van der Waals surface area contributed by atoms with E-state index >= 15 is 0 Å². The van der Waals surface area contributed by atoms with Crippen LogP contribution in [0.25, 0.3) is 0 Å². The van der Waals surface area contributed by atoms with E-state index < -0.39 is 5.97 Å². The lowest BCUT2D eigenvalue weighted by Crippen LogP contribution is -2.18. The van der Waals surface area contributed by atoms with Crippen LogP contribution in [0.1, 0.15) is 37.4 Å². The third-order valence-corrected chi connectivity index (χ3v) is 5.96. The van der Waals surface area contributed by atoms with Gasteiger partial charge in [-0.15, -0.1) is 0 Å². The molecule has 3 aromatic carbocycles. The first-order chi connectivity index (χ1) is 15.4. The SMILES string of the molecule is O=C(NN=Cc1cc(Br)cc(Br)c1OC(=O)c1ccc(Cl)cc1)c1ccc2c(c1)COC2. The van der Waals surface area contributed by atoms with Crippen LogP contribution >= 0.6 is 43.5 Å². The molecule has 3 aromatic rings. The predicted octanol–water partition coefficient (Wildman–Crippen LogP) is 5.88. The van der Waals surface area contributed by atoms with Crippen molar-refractivity contribution in [2.24, 2.45) is 5.10 Å². The third-order valence-electron chi connectivity index (χ3n) is 4.67. The molecule has 0 saturated heterocycles. The van der Waals surface area contributed by atoms with E-state index in [1.165, 1.54) is 6.21 Å². The molecular formula is C23H15Br2ClN2O4. The van der Waals surface area contributed by atoms with Crippen molar-refractivity contribution in [3.63, 3.8) is 0 Å². The predicted molar refractivity (Wildman–Crippen MR) is 128 cm³/mol. The smallest absolute Gasteiger partial charge is 0.343 e. The van der Waals surface area contributed by atoms with Crippen molar-refractivity contribution < 1.29 is 19.1 Å². The monoisotopic (exact) mass is 576 g/mol. The summed E-state index contributed by atoms with van der Waals surface area (Å²) in [5, 5.41) is 4.56. The summed E-state index contributed by atoms with van der Waals surface area (Å²) in [7, 11) is 0. The van der Waals surface area contributed by atoms with Crippen LogP contribution in [-0.4, -0.2) is 18.1 Å². The zero-order valence-corrected chi connectivity index (χ0v) is 20.3. The fraction of sp³-hybridized carbons (Fsp3) is 0.0870. The molecule has 0 saturated carbocycles. The first kappa shape index (κ1) is 22.7. The number of benzene rings is 3. The fourth-order valence-corrected chi connectivity index (χ4v) is 4.52. The van der Waals surface area contributed by atoms with E-state index in [0.29, 0.717) is 39.4 Å². The highest BCUT2D eigenvalue weighted by Gasteiger charge is 2.16. The molecular weight excluding hydrogens is 564 g/mol. The minimum absolute atomic E-state index is 0.265. The van der Waals surface area contributed by atoms with Crippen molar-refractivity contribution in [3.05, 3.63) is 96.4 Å². The number of carbonyl (C=O) groups excluding carboxylic acids is 2. The maximum absolute atomic E-state index is 12.6. The highest BCUT2D eigenvalue weighted by atomic mass is 79.9. The summed E-state index contributed by atoms with van der Waals surface area (Å²) in [5.74, 6) is -0.644. The second-order valence-electron chi connectivity index (χ2n) is 6.88. The lowest BCUT2D eigenvalue weighted by atomic mass is 10.1. The molecule has 0 unspecified atom stereocenters. The van der Waals surface area contributed by atoms with Crippen molar-refractivity contribution in [2.75, 3.05) is 0 Å². The number of carbonyl (C=O) groups is 2. The van der Waals surface area contributed by atoms with Gasteiger partial charge in [-0.25, -0.2) is 10.2 Å². The van der Waals surface area contributed by atoms with Crippen LogP contribution < -0.4 is 10.2 Å². The van der Waals surface area contributed by atoms with Crippen LogP contribution in [0, 0.1) is 0 Å². The molecule has 4 rings (SSSR count). The van der Waals surface area contributed by atoms with Gasteiger partial charge in [0.15, 0.2) is 5.75 Å². The number of hydrogen-bond acceptors (Lipinski definition) is 5. The number of nitrogens with one attached hydrogen (secondary N) is 1. The molecule has 1 aliphatic rings. The second kappa shape index (κ2) is 9.95. The number of esters is 1.